The molecule has 1 N–H and O–H groups in total. The van der Waals surface area contributed by atoms with Gasteiger partial charge in [-0.15, -0.1) is 11.3 Å². The summed E-state index contributed by atoms with van der Waals surface area (Å²) in [5.74, 6) is 0.829. The molecule has 0 aromatic carbocycles. The van der Waals surface area contributed by atoms with E-state index in [0.717, 1.165) is 17.3 Å². The van der Waals surface area contributed by atoms with Gasteiger partial charge in [-0.25, -0.2) is 0 Å². The van der Waals surface area contributed by atoms with Gasteiger partial charge in [0, 0.05) is 11.4 Å². The van der Waals surface area contributed by atoms with E-state index in [-0.39, 0.29) is 5.91 Å². The second kappa shape index (κ2) is 4.13. The van der Waals surface area contributed by atoms with Crippen molar-refractivity contribution in [1.29, 1.82) is 0 Å². The first-order chi connectivity index (χ1) is 6.75. The summed E-state index contributed by atoms with van der Waals surface area (Å²) in [6.07, 6.45) is 3.89. The van der Waals surface area contributed by atoms with Gasteiger partial charge in [-0.1, -0.05) is 6.42 Å². The van der Waals surface area contributed by atoms with Crippen LogP contribution in [0.25, 0.3) is 0 Å². The number of rotatable bonds is 3. The van der Waals surface area contributed by atoms with Gasteiger partial charge < -0.3 is 5.32 Å². The summed E-state index contributed by atoms with van der Waals surface area (Å²) in [6, 6.07) is 3.89. The number of amides is 1. The summed E-state index contributed by atoms with van der Waals surface area (Å²) in [7, 11) is 0. The highest BCUT2D eigenvalue weighted by Crippen LogP contribution is 2.25. The minimum Gasteiger partial charge on any atom is -0.351 e. The molecule has 76 valence electrons. The van der Waals surface area contributed by atoms with E-state index >= 15 is 0 Å². The van der Waals surface area contributed by atoms with E-state index in [1.807, 2.05) is 19.1 Å². The minimum atomic E-state index is 0.0926. The maximum atomic E-state index is 11.6. The van der Waals surface area contributed by atoms with Crippen LogP contribution < -0.4 is 5.32 Å². The van der Waals surface area contributed by atoms with Crippen LogP contribution in [-0.4, -0.2) is 12.5 Å². The van der Waals surface area contributed by atoms with Crippen molar-refractivity contribution in [2.45, 2.75) is 26.2 Å². The average Bonchev–Trinajstić information content (AvgIpc) is 2.49. The van der Waals surface area contributed by atoms with Crippen LogP contribution in [0.5, 0.6) is 0 Å². The lowest BCUT2D eigenvalue weighted by Gasteiger charge is -2.25. The predicted octanol–water partition coefficient (Wildman–Crippen LogP) is 2.59. The minimum absolute atomic E-state index is 0.0926. The van der Waals surface area contributed by atoms with Crippen molar-refractivity contribution in [2.75, 3.05) is 6.54 Å². The highest BCUT2D eigenvalue weighted by molar-refractivity contribution is 7.13. The number of carbonyl (C=O) groups is 1. The number of carbonyl (C=O) groups excluding carboxylic acids is 1. The lowest BCUT2D eigenvalue weighted by atomic mass is 9.85. The first-order valence-corrected chi connectivity index (χ1v) is 5.92. The van der Waals surface area contributed by atoms with E-state index in [4.69, 9.17) is 0 Å². The SMILES string of the molecule is Cc1ccc(C(=O)NCC2CCC2)s1. The molecule has 0 atom stereocenters. The maximum absolute atomic E-state index is 11.6. The average molecular weight is 209 g/mol. The van der Waals surface area contributed by atoms with Crippen LogP contribution in [-0.2, 0) is 0 Å². The predicted molar refractivity (Wildman–Crippen MR) is 58.7 cm³/mol. The number of thiophene rings is 1. The first-order valence-electron chi connectivity index (χ1n) is 5.10. The largest absolute Gasteiger partial charge is 0.351 e. The third-order valence-electron chi connectivity index (χ3n) is 2.74. The third kappa shape index (κ3) is 2.15. The van der Waals surface area contributed by atoms with Crippen LogP contribution in [0, 0.1) is 12.8 Å². The molecule has 1 aromatic rings. The molecule has 0 unspecified atom stereocenters. The van der Waals surface area contributed by atoms with Crippen LogP contribution in [0.1, 0.15) is 33.8 Å². The van der Waals surface area contributed by atoms with Gasteiger partial charge in [-0.05, 0) is 37.8 Å². The summed E-state index contributed by atoms with van der Waals surface area (Å²) in [5, 5.41) is 2.99. The Morgan fingerprint density at radius 2 is 2.36 bits per heavy atom. The Bertz CT molecular complexity index is 328. The molecule has 1 fully saturated rings. The van der Waals surface area contributed by atoms with Crippen molar-refractivity contribution >= 4 is 17.2 Å². The highest BCUT2D eigenvalue weighted by Gasteiger charge is 2.18. The first kappa shape index (κ1) is 9.71. The molecule has 0 saturated heterocycles. The van der Waals surface area contributed by atoms with E-state index in [1.165, 1.54) is 24.1 Å². The third-order valence-corrected chi connectivity index (χ3v) is 3.74. The maximum Gasteiger partial charge on any atom is 0.261 e. The van der Waals surface area contributed by atoms with Crippen molar-refractivity contribution in [3.8, 4) is 0 Å². The topological polar surface area (TPSA) is 29.1 Å². The zero-order valence-electron chi connectivity index (χ0n) is 8.38. The molecule has 1 aliphatic rings. The monoisotopic (exact) mass is 209 g/mol. The molecule has 0 spiro atoms. The molecule has 3 heteroatoms. The van der Waals surface area contributed by atoms with Crippen molar-refractivity contribution in [1.82, 2.24) is 5.32 Å². The summed E-state index contributed by atoms with van der Waals surface area (Å²) < 4.78 is 0. The zero-order valence-corrected chi connectivity index (χ0v) is 9.19. The van der Waals surface area contributed by atoms with Crippen molar-refractivity contribution in [3.05, 3.63) is 21.9 Å². The fourth-order valence-electron chi connectivity index (χ4n) is 1.58. The summed E-state index contributed by atoms with van der Waals surface area (Å²) in [5.41, 5.74) is 0. The molecule has 0 bridgehead atoms. The van der Waals surface area contributed by atoms with Gasteiger partial charge in [0.05, 0.1) is 4.88 Å². The molecule has 14 heavy (non-hydrogen) atoms. The molecule has 2 nitrogen and oxygen atoms in total. The van der Waals surface area contributed by atoms with Crippen LogP contribution in [0.4, 0.5) is 0 Å². The molecule has 2 rings (SSSR count). The highest BCUT2D eigenvalue weighted by atomic mass is 32.1. The fourth-order valence-corrected chi connectivity index (χ4v) is 2.36. The molecule has 0 aliphatic heterocycles. The van der Waals surface area contributed by atoms with Gasteiger partial charge in [0.15, 0.2) is 0 Å². The van der Waals surface area contributed by atoms with Crippen molar-refractivity contribution in [3.63, 3.8) is 0 Å². The molecule has 1 amide bonds. The summed E-state index contributed by atoms with van der Waals surface area (Å²) in [6.45, 7) is 2.88. The Kier molecular flexibility index (Phi) is 2.87. The molecule has 1 heterocycles. The van der Waals surface area contributed by atoms with Crippen molar-refractivity contribution < 1.29 is 4.79 Å². The second-order valence-corrected chi connectivity index (χ2v) is 5.21. The van der Waals surface area contributed by atoms with E-state index in [9.17, 15) is 4.79 Å². The molecular weight excluding hydrogens is 194 g/mol. The molecule has 1 saturated carbocycles. The molecule has 1 aliphatic carbocycles. The van der Waals surface area contributed by atoms with Gasteiger partial charge in [0.1, 0.15) is 0 Å². The Hall–Kier alpha value is -0.830. The van der Waals surface area contributed by atoms with E-state index in [1.54, 1.807) is 11.3 Å². The Morgan fingerprint density at radius 3 is 2.86 bits per heavy atom. The van der Waals surface area contributed by atoms with Gasteiger partial charge in [-0.3, -0.25) is 4.79 Å². The normalized spacial score (nSPS) is 16.4. The zero-order chi connectivity index (χ0) is 9.97. The van der Waals surface area contributed by atoms with Crippen LogP contribution in [0.3, 0.4) is 0 Å². The van der Waals surface area contributed by atoms with E-state index in [2.05, 4.69) is 5.32 Å². The number of hydrogen-bond acceptors (Lipinski definition) is 2. The Morgan fingerprint density at radius 1 is 1.57 bits per heavy atom. The molecule has 1 aromatic heterocycles. The Balaban J connectivity index is 1.82. The summed E-state index contributed by atoms with van der Waals surface area (Å²) in [4.78, 5) is 13.6. The lowest BCUT2D eigenvalue weighted by molar-refractivity contribution is 0.0943. The smallest absolute Gasteiger partial charge is 0.261 e. The number of aryl methyl sites for hydroxylation is 1. The van der Waals surface area contributed by atoms with E-state index < -0.39 is 0 Å². The fraction of sp³-hybridized carbons (Fsp3) is 0.545. The number of hydrogen-bond donors (Lipinski definition) is 1. The van der Waals surface area contributed by atoms with Crippen LogP contribution in [0.2, 0.25) is 0 Å². The lowest BCUT2D eigenvalue weighted by Crippen LogP contribution is -2.31. The molecular formula is C11H15NOS. The Labute approximate surface area is 88.3 Å². The second-order valence-electron chi connectivity index (χ2n) is 3.92. The summed E-state index contributed by atoms with van der Waals surface area (Å²) >= 11 is 1.56. The molecule has 0 radical (unpaired) electrons. The van der Waals surface area contributed by atoms with Gasteiger partial charge in [0.25, 0.3) is 5.91 Å². The van der Waals surface area contributed by atoms with Gasteiger partial charge >= 0.3 is 0 Å². The van der Waals surface area contributed by atoms with Crippen LogP contribution >= 0.6 is 11.3 Å². The van der Waals surface area contributed by atoms with Crippen molar-refractivity contribution in [2.24, 2.45) is 5.92 Å². The van der Waals surface area contributed by atoms with Crippen LogP contribution in [0.15, 0.2) is 12.1 Å². The standard InChI is InChI=1S/C11H15NOS/c1-8-5-6-10(14-8)11(13)12-7-9-3-2-4-9/h5-6,9H,2-4,7H2,1H3,(H,12,13). The van der Waals surface area contributed by atoms with E-state index in [0.29, 0.717) is 0 Å². The van der Waals surface area contributed by atoms with Gasteiger partial charge in [0.2, 0.25) is 0 Å². The number of nitrogens with one attached hydrogen (secondary N) is 1. The van der Waals surface area contributed by atoms with Gasteiger partial charge in [-0.2, -0.15) is 0 Å². The quantitative estimate of drug-likeness (QED) is 0.814.